The van der Waals surface area contributed by atoms with Crippen LogP contribution in [0.4, 0.5) is 0 Å². The maximum atomic E-state index is 11.6. The van der Waals surface area contributed by atoms with E-state index in [4.69, 9.17) is 4.74 Å². The Kier molecular flexibility index (Phi) is 5.65. The van der Waals surface area contributed by atoms with E-state index < -0.39 is 9.84 Å². The molecule has 0 aromatic heterocycles. The lowest BCUT2D eigenvalue weighted by Crippen LogP contribution is -2.37. The number of hydrogen-bond donors (Lipinski definition) is 1. The zero-order valence-electron chi connectivity index (χ0n) is 12.8. The lowest BCUT2D eigenvalue weighted by Gasteiger charge is -2.29. The maximum absolute atomic E-state index is 11.6. The third kappa shape index (κ3) is 5.00. The van der Waals surface area contributed by atoms with Gasteiger partial charge in [0.25, 0.3) is 0 Å². The van der Waals surface area contributed by atoms with Gasteiger partial charge in [0.15, 0.2) is 0 Å². The largest absolute Gasteiger partial charge is 0.493 e. The molecule has 1 aliphatic rings. The van der Waals surface area contributed by atoms with E-state index in [9.17, 15) is 8.42 Å². The van der Waals surface area contributed by atoms with Crippen molar-refractivity contribution in [2.75, 3.05) is 25.2 Å². The minimum atomic E-state index is -2.98. The van der Waals surface area contributed by atoms with Gasteiger partial charge in [-0.05, 0) is 43.4 Å². The molecule has 1 N–H and O–H groups in total. The molecule has 1 heterocycles. The first-order valence-electron chi connectivity index (χ1n) is 7.62. The van der Waals surface area contributed by atoms with Crippen molar-refractivity contribution in [3.05, 3.63) is 29.8 Å². The Morgan fingerprint density at radius 1 is 1.38 bits per heavy atom. The fourth-order valence-corrected chi connectivity index (χ4v) is 3.91. The molecule has 2 atom stereocenters. The molecule has 0 spiro atoms. The van der Waals surface area contributed by atoms with Crippen LogP contribution in [0.25, 0.3) is 0 Å². The van der Waals surface area contributed by atoms with E-state index in [2.05, 4.69) is 18.3 Å². The van der Waals surface area contributed by atoms with Gasteiger partial charge in [0.05, 0.1) is 12.4 Å². The number of hydrogen-bond acceptors (Lipinski definition) is 4. The molecule has 0 aliphatic carbocycles. The van der Waals surface area contributed by atoms with Gasteiger partial charge in [-0.1, -0.05) is 25.1 Å². The number of sulfone groups is 1. The Hall–Kier alpha value is -1.07. The molecule has 1 aromatic carbocycles. The lowest BCUT2D eigenvalue weighted by atomic mass is 9.88. The Morgan fingerprint density at radius 2 is 2.14 bits per heavy atom. The van der Waals surface area contributed by atoms with E-state index in [-0.39, 0.29) is 11.8 Å². The van der Waals surface area contributed by atoms with Crippen molar-refractivity contribution < 1.29 is 13.2 Å². The van der Waals surface area contributed by atoms with Gasteiger partial charge in [0.2, 0.25) is 0 Å². The topological polar surface area (TPSA) is 55.4 Å². The van der Waals surface area contributed by atoms with Crippen LogP contribution >= 0.6 is 0 Å². The zero-order chi connectivity index (χ0) is 15.3. The maximum Gasteiger partial charge on any atom is 0.148 e. The summed E-state index contributed by atoms with van der Waals surface area (Å²) in [7, 11) is -2.98. The molecule has 2 unspecified atom stereocenters. The molecule has 4 nitrogen and oxygen atoms in total. The lowest BCUT2D eigenvalue weighted by molar-refractivity contribution is 0.256. The Balaban J connectivity index is 2.09. The molecule has 118 valence electrons. The zero-order valence-corrected chi connectivity index (χ0v) is 13.7. The SMILES string of the molecule is CCCNC(CC1CCOc2ccccc21)CS(C)(=O)=O. The molecule has 0 saturated heterocycles. The number of ether oxygens (including phenoxy) is 1. The number of fused-ring (bicyclic) bond motifs is 1. The summed E-state index contributed by atoms with van der Waals surface area (Å²) in [6.07, 6.45) is 4.11. The Labute approximate surface area is 127 Å². The Morgan fingerprint density at radius 3 is 2.86 bits per heavy atom. The quantitative estimate of drug-likeness (QED) is 0.840. The third-order valence-corrected chi connectivity index (χ3v) is 4.85. The standard InChI is InChI=1S/C16H25NO3S/c1-3-9-17-14(12-21(2,18)19)11-13-8-10-20-16-7-5-4-6-15(13)16/h4-7,13-14,17H,3,8-12H2,1-2H3. The van der Waals surface area contributed by atoms with Crippen molar-refractivity contribution in [1.29, 1.82) is 0 Å². The molecule has 1 aromatic rings. The first-order chi connectivity index (χ1) is 9.99. The van der Waals surface area contributed by atoms with E-state index in [0.717, 1.165) is 31.6 Å². The van der Waals surface area contributed by atoms with Crippen molar-refractivity contribution in [3.63, 3.8) is 0 Å². The first kappa shape index (κ1) is 16.3. The summed E-state index contributed by atoms with van der Waals surface area (Å²) in [5.74, 6) is 1.51. The summed E-state index contributed by atoms with van der Waals surface area (Å²) in [6, 6.07) is 8.09. The minimum absolute atomic E-state index is 0.0103. The monoisotopic (exact) mass is 311 g/mol. The minimum Gasteiger partial charge on any atom is -0.493 e. The van der Waals surface area contributed by atoms with E-state index in [1.54, 1.807) is 0 Å². The number of nitrogens with one attached hydrogen (secondary N) is 1. The molecule has 0 amide bonds. The van der Waals surface area contributed by atoms with Crippen molar-refractivity contribution in [1.82, 2.24) is 5.32 Å². The first-order valence-corrected chi connectivity index (χ1v) is 9.68. The number of para-hydroxylation sites is 1. The van der Waals surface area contributed by atoms with Crippen LogP contribution in [0.15, 0.2) is 24.3 Å². The average molecular weight is 311 g/mol. The van der Waals surface area contributed by atoms with Crippen LogP contribution in [0.2, 0.25) is 0 Å². The van der Waals surface area contributed by atoms with E-state index in [1.165, 1.54) is 11.8 Å². The van der Waals surface area contributed by atoms with Crippen LogP contribution in [-0.4, -0.2) is 39.6 Å². The molecule has 0 fully saturated rings. The summed E-state index contributed by atoms with van der Waals surface area (Å²) in [5.41, 5.74) is 1.21. The molecule has 21 heavy (non-hydrogen) atoms. The van der Waals surface area contributed by atoms with Gasteiger partial charge < -0.3 is 10.1 Å². The molecular formula is C16H25NO3S. The molecular weight excluding hydrogens is 286 g/mol. The molecule has 0 saturated carbocycles. The second kappa shape index (κ2) is 7.27. The van der Waals surface area contributed by atoms with Crippen LogP contribution in [0.1, 0.15) is 37.7 Å². The smallest absolute Gasteiger partial charge is 0.148 e. The van der Waals surface area contributed by atoms with E-state index in [1.807, 2.05) is 18.2 Å². The molecule has 2 rings (SSSR count). The molecule has 0 radical (unpaired) electrons. The van der Waals surface area contributed by atoms with Gasteiger partial charge in [-0.2, -0.15) is 0 Å². The third-order valence-electron chi connectivity index (χ3n) is 3.84. The van der Waals surface area contributed by atoms with Crippen molar-refractivity contribution in [2.45, 2.75) is 38.1 Å². The van der Waals surface area contributed by atoms with Crippen LogP contribution < -0.4 is 10.1 Å². The summed E-state index contributed by atoms with van der Waals surface area (Å²) in [6.45, 7) is 3.65. The highest BCUT2D eigenvalue weighted by molar-refractivity contribution is 7.90. The van der Waals surface area contributed by atoms with Gasteiger partial charge in [-0.3, -0.25) is 0 Å². The van der Waals surface area contributed by atoms with Gasteiger partial charge in [-0.25, -0.2) is 8.42 Å². The van der Waals surface area contributed by atoms with Gasteiger partial charge in [0, 0.05) is 12.3 Å². The predicted molar refractivity (Wildman–Crippen MR) is 85.7 cm³/mol. The highest BCUT2D eigenvalue weighted by Gasteiger charge is 2.25. The van der Waals surface area contributed by atoms with Gasteiger partial charge in [0.1, 0.15) is 15.6 Å². The van der Waals surface area contributed by atoms with E-state index >= 15 is 0 Å². The van der Waals surface area contributed by atoms with Crippen molar-refractivity contribution in [2.24, 2.45) is 0 Å². The molecule has 1 aliphatic heterocycles. The van der Waals surface area contributed by atoms with Crippen LogP contribution in [0.5, 0.6) is 5.75 Å². The molecule has 0 bridgehead atoms. The van der Waals surface area contributed by atoms with Crippen molar-refractivity contribution in [3.8, 4) is 5.75 Å². The fraction of sp³-hybridized carbons (Fsp3) is 0.625. The highest BCUT2D eigenvalue weighted by Crippen LogP contribution is 2.36. The van der Waals surface area contributed by atoms with Crippen LogP contribution in [-0.2, 0) is 9.84 Å². The van der Waals surface area contributed by atoms with Gasteiger partial charge in [-0.15, -0.1) is 0 Å². The van der Waals surface area contributed by atoms with Crippen LogP contribution in [0.3, 0.4) is 0 Å². The van der Waals surface area contributed by atoms with Gasteiger partial charge >= 0.3 is 0 Å². The highest BCUT2D eigenvalue weighted by atomic mass is 32.2. The van der Waals surface area contributed by atoms with Crippen LogP contribution in [0, 0.1) is 0 Å². The van der Waals surface area contributed by atoms with E-state index in [0.29, 0.717) is 12.5 Å². The Bertz CT molecular complexity index is 556. The van der Waals surface area contributed by atoms with Crippen molar-refractivity contribution >= 4 is 9.84 Å². The predicted octanol–water partition coefficient (Wildman–Crippen LogP) is 2.36. The second-order valence-electron chi connectivity index (χ2n) is 5.85. The summed E-state index contributed by atoms with van der Waals surface area (Å²) in [5, 5.41) is 3.38. The average Bonchev–Trinajstić information content (AvgIpc) is 2.43. The summed E-state index contributed by atoms with van der Waals surface area (Å²) < 4.78 is 28.9. The second-order valence-corrected chi connectivity index (χ2v) is 8.04. The summed E-state index contributed by atoms with van der Waals surface area (Å²) in [4.78, 5) is 0. The number of benzene rings is 1. The fourth-order valence-electron chi connectivity index (χ4n) is 2.93. The molecule has 5 heteroatoms. The summed E-state index contributed by atoms with van der Waals surface area (Å²) >= 11 is 0. The number of rotatable bonds is 7. The normalized spacial score (nSPS) is 19.6.